The largest absolute Gasteiger partial charge is 0.389 e. The van der Waals surface area contributed by atoms with Gasteiger partial charge in [-0.15, -0.1) is 0 Å². The van der Waals surface area contributed by atoms with Crippen LogP contribution >= 0.6 is 0 Å². The maximum Gasteiger partial charge on any atom is 0.248 e. The van der Waals surface area contributed by atoms with Gasteiger partial charge in [0.15, 0.2) is 11.9 Å². The van der Waals surface area contributed by atoms with E-state index in [-0.39, 0.29) is 6.29 Å². The summed E-state index contributed by atoms with van der Waals surface area (Å²) in [5.41, 5.74) is 3.88. The molecule has 2 fully saturated rings. The zero-order valence-electron chi connectivity index (χ0n) is 12.7. The molecule has 2 saturated heterocycles. The van der Waals surface area contributed by atoms with Gasteiger partial charge < -0.3 is 15.7 Å². The number of aldehydes is 1. The fourth-order valence-electron chi connectivity index (χ4n) is 2.93. The molecule has 0 aromatic heterocycles. The SMILES string of the molecule is C[C@@H](O)[C@@](N)(C=O)N(C(=O)[C@H]1CCCN1)C(=O)[C@H]1CCCN1. The van der Waals surface area contributed by atoms with Gasteiger partial charge in [-0.1, -0.05) is 0 Å². The molecule has 0 bridgehead atoms. The lowest BCUT2D eigenvalue weighted by Gasteiger charge is -2.39. The quantitative estimate of drug-likeness (QED) is 0.265. The molecule has 124 valence electrons. The first kappa shape index (κ1) is 17.0. The lowest BCUT2D eigenvalue weighted by atomic mass is 10.0. The van der Waals surface area contributed by atoms with Crippen LogP contribution in [-0.4, -0.2) is 65.0 Å². The van der Waals surface area contributed by atoms with Crippen LogP contribution in [0.4, 0.5) is 0 Å². The Morgan fingerprint density at radius 3 is 1.95 bits per heavy atom. The van der Waals surface area contributed by atoms with Gasteiger partial charge in [0.05, 0.1) is 18.2 Å². The number of aliphatic hydroxyl groups is 1. The predicted octanol–water partition coefficient (Wildman–Crippen LogP) is -1.92. The molecule has 2 aliphatic heterocycles. The van der Waals surface area contributed by atoms with Gasteiger partial charge in [0.25, 0.3) is 0 Å². The third-order valence-corrected chi connectivity index (χ3v) is 4.40. The van der Waals surface area contributed by atoms with Gasteiger partial charge in [-0.25, -0.2) is 0 Å². The van der Waals surface area contributed by atoms with Gasteiger partial charge in [0.1, 0.15) is 0 Å². The monoisotopic (exact) mass is 312 g/mol. The summed E-state index contributed by atoms with van der Waals surface area (Å²) in [5.74, 6) is -1.10. The molecule has 2 rings (SSSR count). The van der Waals surface area contributed by atoms with Crippen LogP contribution in [0.15, 0.2) is 0 Å². The van der Waals surface area contributed by atoms with Crippen molar-refractivity contribution >= 4 is 18.1 Å². The Hall–Kier alpha value is -1.35. The molecule has 5 N–H and O–H groups in total. The fourth-order valence-corrected chi connectivity index (χ4v) is 2.93. The fraction of sp³-hybridized carbons (Fsp3) is 0.786. The van der Waals surface area contributed by atoms with Crippen molar-refractivity contribution in [2.24, 2.45) is 5.73 Å². The second kappa shape index (κ2) is 6.82. The molecule has 0 unspecified atom stereocenters. The molecule has 8 nitrogen and oxygen atoms in total. The Bertz CT molecular complexity index is 416. The van der Waals surface area contributed by atoms with Gasteiger partial charge in [-0.2, -0.15) is 0 Å². The van der Waals surface area contributed by atoms with Gasteiger partial charge in [0, 0.05) is 0 Å². The average molecular weight is 312 g/mol. The summed E-state index contributed by atoms with van der Waals surface area (Å²) >= 11 is 0. The summed E-state index contributed by atoms with van der Waals surface area (Å²) in [6, 6.07) is -1.10. The van der Waals surface area contributed by atoms with Gasteiger partial charge in [-0.3, -0.25) is 25.0 Å². The Kier molecular flexibility index (Phi) is 5.28. The summed E-state index contributed by atoms with van der Waals surface area (Å²) < 4.78 is 0. The minimum absolute atomic E-state index is 0.275. The molecule has 4 atom stereocenters. The molecule has 0 radical (unpaired) electrons. The van der Waals surface area contributed by atoms with Crippen molar-refractivity contribution in [3.63, 3.8) is 0 Å². The highest BCUT2D eigenvalue weighted by atomic mass is 16.3. The Morgan fingerprint density at radius 1 is 1.23 bits per heavy atom. The molecule has 8 heteroatoms. The maximum absolute atomic E-state index is 12.7. The van der Waals surface area contributed by atoms with Crippen LogP contribution in [0.5, 0.6) is 0 Å². The predicted molar refractivity (Wildman–Crippen MR) is 78.6 cm³/mol. The van der Waals surface area contributed by atoms with Crippen molar-refractivity contribution < 1.29 is 19.5 Å². The standard InChI is InChI=1S/C14H24N4O4/c1-9(20)14(15,8-19)18(12(21)10-4-2-6-16-10)13(22)11-5-3-7-17-11/h8-11,16-17,20H,2-7,15H2,1H3/t9-,10-,11-,14-/m1/s1. The molecule has 2 amide bonds. The minimum atomic E-state index is -2.05. The van der Waals surface area contributed by atoms with E-state index in [1.165, 1.54) is 6.92 Å². The van der Waals surface area contributed by atoms with Crippen molar-refractivity contribution in [1.82, 2.24) is 15.5 Å². The molecule has 0 spiro atoms. The third kappa shape index (κ3) is 3.05. The van der Waals surface area contributed by atoms with Crippen molar-refractivity contribution in [3.05, 3.63) is 0 Å². The Balaban J connectivity index is 2.32. The van der Waals surface area contributed by atoms with E-state index in [1.807, 2.05) is 0 Å². The van der Waals surface area contributed by atoms with Crippen LogP contribution in [0.1, 0.15) is 32.6 Å². The highest BCUT2D eigenvalue weighted by Crippen LogP contribution is 2.20. The van der Waals surface area contributed by atoms with Crippen LogP contribution in [0.2, 0.25) is 0 Å². The van der Waals surface area contributed by atoms with Crippen LogP contribution < -0.4 is 16.4 Å². The van der Waals surface area contributed by atoms with Crippen LogP contribution in [0.25, 0.3) is 0 Å². The van der Waals surface area contributed by atoms with E-state index < -0.39 is 35.7 Å². The van der Waals surface area contributed by atoms with Crippen LogP contribution in [0, 0.1) is 0 Å². The van der Waals surface area contributed by atoms with Gasteiger partial charge >= 0.3 is 0 Å². The third-order valence-electron chi connectivity index (χ3n) is 4.40. The van der Waals surface area contributed by atoms with Crippen molar-refractivity contribution in [2.45, 2.75) is 56.5 Å². The summed E-state index contributed by atoms with van der Waals surface area (Å²) in [6.45, 7) is 2.65. The molecule has 0 aliphatic carbocycles. The van der Waals surface area contributed by atoms with E-state index in [0.717, 1.165) is 17.7 Å². The Morgan fingerprint density at radius 2 is 1.68 bits per heavy atom. The minimum Gasteiger partial charge on any atom is -0.389 e. The van der Waals surface area contributed by atoms with E-state index in [4.69, 9.17) is 5.73 Å². The number of nitrogens with one attached hydrogen (secondary N) is 2. The van der Waals surface area contributed by atoms with Gasteiger partial charge in [-0.05, 0) is 45.7 Å². The van der Waals surface area contributed by atoms with E-state index in [2.05, 4.69) is 10.6 Å². The zero-order chi connectivity index (χ0) is 16.3. The van der Waals surface area contributed by atoms with E-state index in [0.29, 0.717) is 25.9 Å². The van der Waals surface area contributed by atoms with Crippen molar-refractivity contribution in [2.75, 3.05) is 13.1 Å². The first-order chi connectivity index (χ1) is 10.4. The average Bonchev–Trinajstić information content (AvgIpc) is 3.19. The highest BCUT2D eigenvalue weighted by Gasteiger charge is 2.48. The first-order valence-electron chi connectivity index (χ1n) is 7.69. The number of nitrogens with two attached hydrogens (primary N) is 1. The van der Waals surface area contributed by atoms with E-state index in [1.54, 1.807) is 0 Å². The van der Waals surface area contributed by atoms with Crippen LogP contribution in [-0.2, 0) is 14.4 Å². The highest BCUT2D eigenvalue weighted by molar-refractivity contribution is 6.03. The molecule has 2 aliphatic rings. The second-order valence-corrected chi connectivity index (χ2v) is 5.99. The van der Waals surface area contributed by atoms with E-state index in [9.17, 15) is 19.5 Å². The number of aliphatic hydroxyl groups excluding tert-OH is 1. The number of hydrogen-bond donors (Lipinski definition) is 4. The first-order valence-corrected chi connectivity index (χ1v) is 7.69. The molecule has 0 saturated carbocycles. The lowest BCUT2D eigenvalue weighted by Crippen LogP contribution is -2.71. The number of carbonyl (C=O) groups excluding carboxylic acids is 3. The lowest BCUT2D eigenvalue weighted by molar-refractivity contribution is -0.162. The zero-order valence-corrected chi connectivity index (χ0v) is 12.7. The number of hydrogen-bond acceptors (Lipinski definition) is 7. The molecular formula is C14H24N4O4. The van der Waals surface area contributed by atoms with Gasteiger partial charge in [0.2, 0.25) is 11.8 Å². The summed E-state index contributed by atoms with van der Waals surface area (Å²) in [4.78, 5) is 37.7. The molecule has 2 heterocycles. The Labute approximate surface area is 129 Å². The smallest absolute Gasteiger partial charge is 0.248 e. The number of rotatable bonds is 5. The molecule has 0 aromatic carbocycles. The summed E-state index contributed by atoms with van der Waals surface area (Å²) in [5, 5.41) is 15.9. The number of carbonyl (C=O) groups is 3. The number of imide groups is 1. The number of nitrogens with zero attached hydrogens (tertiary/aromatic N) is 1. The number of amides is 2. The van der Waals surface area contributed by atoms with Crippen LogP contribution in [0.3, 0.4) is 0 Å². The van der Waals surface area contributed by atoms with Crippen molar-refractivity contribution in [3.8, 4) is 0 Å². The molecule has 0 aromatic rings. The van der Waals surface area contributed by atoms with Crippen molar-refractivity contribution in [1.29, 1.82) is 0 Å². The summed E-state index contributed by atoms with van der Waals surface area (Å²) in [6.07, 6.45) is 1.70. The second-order valence-electron chi connectivity index (χ2n) is 5.99. The topological polar surface area (TPSA) is 125 Å². The summed E-state index contributed by atoms with van der Waals surface area (Å²) in [7, 11) is 0. The molecule has 22 heavy (non-hydrogen) atoms. The van der Waals surface area contributed by atoms with E-state index >= 15 is 0 Å². The molecular weight excluding hydrogens is 288 g/mol. The maximum atomic E-state index is 12.7. The normalized spacial score (nSPS) is 28.9.